The van der Waals surface area contributed by atoms with Crippen LogP contribution in [0.15, 0.2) is 24.7 Å². The zero-order chi connectivity index (χ0) is 10.1. The summed E-state index contributed by atoms with van der Waals surface area (Å²) in [5.74, 6) is 0. The number of aryl methyl sites for hydroxylation is 3. The summed E-state index contributed by atoms with van der Waals surface area (Å²) in [6, 6.07) is 2.05. The number of nitrogens with zero attached hydrogens (tertiary/aromatic N) is 4. The van der Waals surface area contributed by atoms with Gasteiger partial charge in [0, 0.05) is 24.2 Å². The maximum Gasteiger partial charge on any atom is 0.172 e. The molecule has 0 spiro atoms. The van der Waals surface area contributed by atoms with Crippen molar-refractivity contribution in [2.75, 3.05) is 0 Å². The Kier molecular flexibility index (Phi) is 2.04. The molecule has 0 N–H and O–H groups in total. The van der Waals surface area contributed by atoms with Crippen molar-refractivity contribution in [2.24, 2.45) is 14.1 Å². The quantitative estimate of drug-likeness (QED) is 0.616. The van der Waals surface area contributed by atoms with E-state index < -0.39 is 0 Å². The first-order chi connectivity index (χ1) is 6.66. The highest BCUT2D eigenvalue weighted by Crippen LogP contribution is 2.17. The Morgan fingerprint density at radius 1 is 1.43 bits per heavy atom. The van der Waals surface area contributed by atoms with Crippen LogP contribution in [0, 0.1) is 6.92 Å². The lowest BCUT2D eigenvalue weighted by atomic mass is 10.1. The molecular weight excluding hydrogens is 176 g/mol. The van der Waals surface area contributed by atoms with Gasteiger partial charge in [-0.1, -0.05) is 5.21 Å². The highest BCUT2D eigenvalue weighted by atomic mass is 15.4. The SMILES string of the molecule is Cc1c[n+](C)ccc1-c1cn(C)nn1. The fourth-order valence-electron chi connectivity index (χ4n) is 1.50. The molecule has 0 bridgehead atoms. The van der Waals surface area contributed by atoms with E-state index in [0.29, 0.717) is 0 Å². The molecule has 0 atom stereocenters. The third kappa shape index (κ3) is 1.51. The van der Waals surface area contributed by atoms with Gasteiger partial charge in [-0.3, -0.25) is 4.68 Å². The summed E-state index contributed by atoms with van der Waals surface area (Å²) >= 11 is 0. The number of rotatable bonds is 1. The van der Waals surface area contributed by atoms with Crippen molar-refractivity contribution in [3.63, 3.8) is 0 Å². The fraction of sp³-hybridized carbons (Fsp3) is 0.300. The van der Waals surface area contributed by atoms with E-state index in [1.165, 1.54) is 5.56 Å². The predicted molar refractivity (Wildman–Crippen MR) is 52.4 cm³/mol. The van der Waals surface area contributed by atoms with E-state index in [2.05, 4.69) is 29.5 Å². The van der Waals surface area contributed by atoms with Crippen LogP contribution in [0.5, 0.6) is 0 Å². The molecule has 0 aliphatic carbocycles. The molecule has 72 valence electrons. The molecule has 0 unspecified atom stereocenters. The van der Waals surface area contributed by atoms with Crippen molar-refractivity contribution >= 4 is 0 Å². The van der Waals surface area contributed by atoms with Gasteiger partial charge in [0.1, 0.15) is 12.7 Å². The molecular formula is C10H13N4+. The van der Waals surface area contributed by atoms with Crippen LogP contribution >= 0.6 is 0 Å². The Labute approximate surface area is 82.8 Å². The summed E-state index contributed by atoms with van der Waals surface area (Å²) in [4.78, 5) is 0. The molecule has 2 aromatic rings. The Bertz CT molecular complexity index is 459. The van der Waals surface area contributed by atoms with Crippen molar-refractivity contribution in [3.8, 4) is 11.3 Å². The zero-order valence-corrected chi connectivity index (χ0v) is 8.60. The fourth-order valence-corrected chi connectivity index (χ4v) is 1.50. The zero-order valence-electron chi connectivity index (χ0n) is 8.60. The molecule has 2 aromatic heterocycles. The Morgan fingerprint density at radius 2 is 2.21 bits per heavy atom. The number of hydrogen-bond donors (Lipinski definition) is 0. The van der Waals surface area contributed by atoms with Crippen LogP contribution in [0.2, 0.25) is 0 Å². The van der Waals surface area contributed by atoms with Crippen LogP contribution < -0.4 is 4.57 Å². The maximum atomic E-state index is 4.08. The molecule has 0 aliphatic rings. The van der Waals surface area contributed by atoms with Crippen LogP contribution in [-0.4, -0.2) is 15.0 Å². The van der Waals surface area contributed by atoms with Crippen LogP contribution in [0.4, 0.5) is 0 Å². The summed E-state index contributed by atoms with van der Waals surface area (Å²) in [6.07, 6.45) is 6.00. The average Bonchev–Trinajstić information content (AvgIpc) is 2.51. The van der Waals surface area contributed by atoms with Crippen molar-refractivity contribution in [1.82, 2.24) is 15.0 Å². The number of aromatic nitrogens is 4. The second kappa shape index (κ2) is 3.21. The summed E-state index contributed by atoms with van der Waals surface area (Å²) in [6.45, 7) is 2.07. The highest BCUT2D eigenvalue weighted by molar-refractivity contribution is 5.60. The molecule has 0 saturated carbocycles. The Morgan fingerprint density at radius 3 is 2.79 bits per heavy atom. The summed E-state index contributed by atoms with van der Waals surface area (Å²) in [5.41, 5.74) is 3.26. The molecule has 0 radical (unpaired) electrons. The lowest BCUT2D eigenvalue weighted by Gasteiger charge is -1.98. The molecule has 14 heavy (non-hydrogen) atoms. The topological polar surface area (TPSA) is 34.6 Å². The standard InChI is InChI=1S/C10H13N4/c1-8-6-13(2)5-4-9(8)10-7-14(3)12-11-10/h4-7H,1-3H3/q+1. The highest BCUT2D eigenvalue weighted by Gasteiger charge is 2.08. The molecule has 2 rings (SSSR count). The lowest BCUT2D eigenvalue weighted by Crippen LogP contribution is -2.26. The van der Waals surface area contributed by atoms with Crippen molar-refractivity contribution < 1.29 is 4.57 Å². The van der Waals surface area contributed by atoms with Crippen LogP contribution in [-0.2, 0) is 14.1 Å². The van der Waals surface area contributed by atoms with Gasteiger partial charge < -0.3 is 0 Å². The first-order valence-corrected chi connectivity index (χ1v) is 4.49. The van der Waals surface area contributed by atoms with Crippen LogP contribution in [0.25, 0.3) is 11.3 Å². The molecule has 0 aromatic carbocycles. The minimum absolute atomic E-state index is 0.922. The smallest absolute Gasteiger partial charge is 0.172 e. The van der Waals surface area contributed by atoms with Gasteiger partial charge in [-0.05, 0) is 6.92 Å². The minimum Gasteiger partial charge on any atom is -0.255 e. The van der Waals surface area contributed by atoms with E-state index in [1.807, 2.05) is 31.1 Å². The predicted octanol–water partition coefficient (Wildman–Crippen LogP) is 0.615. The van der Waals surface area contributed by atoms with Gasteiger partial charge >= 0.3 is 0 Å². The maximum absolute atomic E-state index is 4.08. The monoisotopic (exact) mass is 189 g/mol. The van der Waals surface area contributed by atoms with E-state index in [4.69, 9.17) is 0 Å². The third-order valence-electron chi connectivity index (χ3n) is 2.18. The number of pyridine rings is 1. The van der Waals surface area contributed by atoms with E-state index in [0.717, 1.165) is 11.3 Å². The Balaban J connectivity index is 2.52. The molecule has 0 aliphatic heterocycles. The van der Waals surface area contributed by atoms with Gasteiger partial charge in [-0.15, -0.1) is 5.10 Å². The first kappa shape index (κ1) is 8.87. The van der Waals surface area contributed by atoms with Gasteiger partial charge in [0.25, 0.3) is 0 Å². The normalized spacial score (nSPS) is 10.5. The summed E-state index contributed by atoms with van der Waals surface area (Å²) in [7, 11) is 3.88. The first-order valence-electron chi connectivity index (χ1n) is 4.49. The Hall–Kier alpha value is -1.71. The van der Waals surface area contributed by atoms with Crippen molar-refractivity contribution in [1.29, 1.82) is 0 Å². The molecule has 0 saturated heterocycles. The third-order valence-corrected chi connectivity index (χ3v) is 2.18. The van der Waals surface area contributed by atoms with Crippen LogP contribution in [0.1, 0.15) is 5.56 Å². The van der Waals surface area contributed by atoms with Gasteiger partial charge in [-0.2, -0.15) is 0 Å². The average molecular weight is 189 g/mol. The summed E-state index contributed by atoms with van der Waals surface area (Å²) in [5, 5.41) is 8.00. The minimum atomic E-state index is 0.922. The van der Waals surface area contributed by atoms with E-state index in [-0.39, 0.29) is 0 Å². The molecule has 0 amide bonds. The summed E-state index contributed by atoms with van der Waals surface area (Å²) < 4.78 is 3.73. The van der Waals surface area contributed by atoms with E-state index in [9.17, 15) is 0 Å². The second-order valence-electron chi connectivity index (χ2n) is 3.48. The van der Waals surface area contributed by atoms with Gasteiger partial charge in [0.15, 0.2) is 12.4 Å². The molecule has 4 nitrogen and oxygen atoms in total. The van der Waals surface area contributed by atoms with Gasteiger partial charge in [0.2, 0.25) is 0 Å². The second-order valence-corrected chi connectivity index (χ2v) is 3.48. The van der Waals surface area contributed by atoms with E-state index >= 15 is 0 Å². The lowest BCUT2D eigenvalue weighted by molar-refractivity contribution is -0.671. The van der Waals surface area contributed by atoms with Gasteiger partial charge in [-0.25, -0.2) is 4.57 Å². The number of hydrogen-bond acceptors (Lipinski definition) is 2. The molecule has 0 fully saturated rings. The molecule has 2 heterocycles. The van der Waals surface area contributed by atoms with E-state index in [1.54, 1.807) is 4.68 Å². The van der Waals surface area contributed by atoms with Crippen molar-refractivity contribution in [2.45, 2.75) is 6.92 Å². The largest absolute Gasteiger partial charge is 0.255 e. The van der Waals surface area contributed by atoms with Crippen molar-refractivity contribution in [3.05, 3.63) is 30.2 Å². The molecule has 4 heteroatoms. The van der Waals surface area contributed by atoms with Gasteiger partial charge in [0.05, 0.1) is 6.20 Å². The van der Waals surface area contributed by atoms with Crippen LogP contribution in [0.3, 0.4) is 0 Å².